The fourth-order valence-corrected chi connectivity index (χ4v) is 6.25. The second kappa shape index (κ2) is 16.0. The molecule has 4 aromatic carbocycles. The van der Waals surface area contributed by atoms with E-state index in [9.17, 15) is 0 Å². The summed E-state index contributed by atoms with van der Waals surface area (Å²) < 4.78 is 5.85. The van der Waals surface area contributed by atoms with Gasteiger partial charge in [0.15, 0.2) is 0 Å². The Morgan fingerprint density at radius 3 is 0.724 bits per heavy atom. The Bertz CT molecular complexity index is 741. The molecule has 0 atom stereocenters. The molecule has 4 rings (SSSR count). The van der Waals surface area contributed by atoms with Gasteiger partial charge >= 0.3 is 204 Å². The van der Waals surface area contributed by atoms with E-state index in [1.165, 1.54) is 17.8 Å². The van der Waals surface area contributed by atoms with Gasteiger partial charge in [0.25, 0.3) is 0 Å². The molecule has 0 unspecified atom stereocenters. The standard InChI is InChI=1S/2C12H11Se.2ClH.Pt/c2*1-3-7-11(8-4-1)13-12-9-5-2-6-10-12;;;/h2*1-10,13H;2*1H;/q;;;;+2/p-2. The monoisotopic (exact) mass is 735 g/mol. The molecule has 0 saturated carbocycles. The molecule has 0 aliphatic rings. The molecule has 0 aromatic heterocycles. The molecule has 5 heteroatoms. The minimum absolute atomic E-state index is 0.177. The van der Waals surface area contributed by atoms with Gasteiger partial charge < -0.3 is 0 Å². The Hall–Kier alpha value is -0.813. The first-order chi connectivity index (χ1) is 14.3. The average Bonchev–Trinajstić information content (AvgIpc) is 2.78. The molecule has 4 aromatic rings. The summed E-state index contributed by atoms with van der Waals surface area (Å²) in [6, 6.07) is 42.7. The number of hydrogen-bond acceptors (Lipinski definition) is 0. The van der Waals surface area contributed by atoms with Crippen molar-refractivity contribution in [2.75, 3.05) is 0 Å². The molecule has 29 heavy (non-hydrogen) atoms. The Morgan fingerprint density at radius 1 is 0.379 bits per heavy atom. The number of benzene rings is 4. The van der Waals surface area contributed by atoms with Gasteiger partial charge in [-0.05, 0) is 0 Å². The van der Waals surface area contributed by atoms with E-state index < -0.39 is 16.5 Å². The third kappa shape index (κ3) is 11.2. The van der Waals surface area contributed by atoms with Gasteiger partial charge in [0.05, 0.1) is 0 Å². The topological polar surface area (TPSA) is 0 Å². The Kier molecular flexibility index (Phi) is 13.5. The summed E-state index contributed by atoms with van der Waals surface area (Å²) in [5, 5.41) is 0. The molecule has 154 valence electrons. The summed E-state index contributed by atoms with van der Waals surface area (Å²) in [6.07, 6.45) is 0. The van der Waals surface area contributed by atoms with Gasteiger partial charge in [0.2, 0.25) is 0 Å². The second-order valence-corrected chi connectivity index (χ2v) is 14.2. The SMILES string of the molecule is [Cl][Pt][Cl].c1ccc([SeH]c2ccccc2)cc1.c1ccc([SeH]c2ccccc2)cc1. The van der Waals surface area contributed by atoms with Crippen LogP contribution in [0.15, 0.2) is 121 Å². The molecule has 0 aliphatic carbocycles. The third-order valence-corrected chi connectivity index (χ3v) is 8.21. The van der Waals surface area contributed by atoms with Crippen LogP contribution in [0.1, 0.15) is 0 Å². The normalized spacial score (nSPS) is 9.59. The molecular weight excluding hydrogens is 712 g/mol. The van der Waals surface area contributed by atoms with Crippen LogP contribution < -0.4 is 17.8 Å². The van der Waals surface area contributed by atoms with Gasteiger partial charge in [-0.3, -0.25) is 0 Å². The van der Waals surface area contributed by atoms with E-state index in [0.29, 0.717) is 0 Å². The van der Waals surface area contributed by atoms with Gasteiger partial charge in [-0.2, -0.15) is 0 Å². The zero-order valence-corrected chi connectivity index (χ0v) is 23.1. The van der Waals surface area contributed by atoms with E-state index in [2.05, 4.69) is 121 Å². The van der Waals surface area contributed by atoms with E-state index in [-0.39, 0.29) is 29.9 Å². The maximum atomic E-state index is 4.88. The van der Waals surface area contributed by atoms with Crippen molar-refractivity contribution < 1.29 is 16.5 Å². The predicted octanol–water partition coefficient (Wildman–Crippen LogP) is 3.52. The molecule has 0 N–H and O–H groups in total. The van der Waals surface area contributed by atoms with E-state index in [1.54, 1.807) is 0 Å². The first kappa shape index (κ1) is 24.5. The van der Waals surface area contributed by atoms with Crippen LogP contribution in [0.4, 0.5) is 0 Å². The first-order valence-corrected chi connectivity index (χ1v) is 18.2. The van der Waals surface area contributed by atoms with Crippen molar-refractivity contribution in [2.45, 2.75) is 0 Å². The zero-order chi connectivity index (χ0) is 20.6. The number of halogens is 2. The van der Waals surface area contributed by atoms with Crippen molar-refractivity contribution in [3.8, 4) is 0 Å². The van der Waals surface area contributed by atoms with Crippen molar-refractivity contribution in [3.63, 3.8) is 0 Å². The van der Waals surface area contributed by atoms with Crippen LogP contribution in [0.2, 0.25) is 0 Å². The third-order valence-electron chi connectivity index (χ3n) is 3.54. The van der Waals surface area contributed by atoms with E-state index in [0.717, 1.165) is 0 Å². The zero-order valence-electron chi connectivity index (χ0n) is 15.5. The van der Waals surface area contributed by atoms with E-state index in [4.69, 9.17) is 18.8 Å². The van der Waals surface area contributed by atoms with Crippen molar-refractivity contribution in [1.82, 2.24) is 0 Å². The van der Waals surface area contributed by atoms with Gasteiger partial charge in [0.1, 0.15) is 0 Å². The average molecular weight is 734 g/mol. The fourth-order valence-electron chi connectivity index (χ4n) is 2.31. The Labute approximate surface area is 202 Å². The van der Waals surface area contributed by atoms with Crippen LogP contribution in [0.3, 0.4) is 0 Å². The summed E-state index contributed by atoms with van der Waals surface area (Å²) in [6.45, 7) is 0. The Morgan fingerprint density at radius 2 is 0.552 bits per heavy atom. The van der Waals surface area contributed by atoms with Crippen LogP contribution in [0.25, 0.3) is 0 Å². The molecule has 2 radical (unpaired) electrons. The Balaban J connectivity index is 0.000000183. The van der Waals surface area contributed by atoms with Gasteiger partial charge in [-0.1, -0.05) is 0 Å². The molecule has 0 bridgehead atoms. The van der Waals surface area contributed by atoms with Crippen molar-refractivity contribution in [1.29, 1.82) is 0 Å². The molecule has 0 amide bonds. The molecule has 0 spiro atoms. The molecule has 0 heterocycles. The maximum absolute atomic E-state index is 4.88. The molecule has 0 nitrogen and oxygen atoms in total. The summed E-state index contributed by atoms with van der Waals surface area (Å²) >= 11 is -0.119. The predicted molar refractivity (Wildman–Crippen MR) is 130 cm³/mol. The van der Waals surface area contributed by atoms with Crippen LogP contribution in [-0.4, -0.2) is 29.9 Å². The van der Waals surface area contributed by atoms with E-state index in [1.807, 2.05) is 0 Å². The van der Waals surface area contributed by atoms with Gasteiger partial charge in [-0.25, -0.2) is 0 Å². The second-order valence-electron chi connectivity index (χ2n) is 5.61. The van der Waals surface area contributed by atoms with Gasteiger partial charge in [0, 0.05) is 0 Å². The van der Waals surface area contributed by atoms with Crippen LogP contribution in [-0.2, 0) is 16.5 Å². The fraction of sp³-hybridized carbons (Fsp3) is 0. The first-order valence-electron chi connectivity index (χ1n) is 8.78. The summed E-state index contributed by atoms with van der Waals surface area (Å²) in [4.78, 5) is 0. The van der Waals surface area contributed by atoms with E-state index >= 15 is 0 Å². The van der Waals surface area contributed by atoms with Crippen molar-refractivity contribution in [3.05, 3.63) is 121 Å². The number of rotatable bonds is 4. The summed E-state index contributed by atoms with van der Waals surface area (Å²) in [5.41, 5.74) is 0. The molecule has 0 saturated heterocycles. The molecule has 0 fully saturated rings. The summed E-state index contributed by atoms with van der Waals surface area (Å²) in [7, 11) is 9.75. The quantitative estimate of drug-likeness (QED) is 0.282. The van der Waals surface area contributed by atoms with Crippen LogP contribution in [0.5, 0.6) is 0 Å². The minimum atomic E-state index is -0.472. The van der Waals surface area contributed by atoms with Crippen molar-refractivity contribution in [2.24, 2.45) is 0 Å². The van der Waals surface area contributed by atoms with Crippen LogP contribution in [0, 0.1) is 0 Å². The molecule has 0 aliphatic heterocycles. The number of hydrogen-bond donors (Lipinski definition) is 0. The van der Waals surface area contributed by atoms with Crippen molar-refractivity contribution >= 4 is 66.6 Å². The van der Waals surface area contributed by atoms with Crippen LogP contribution >= 0.6 is 18.8 Å². The molecular formula is C24H22Cl2PtSe2. The van der Waals surface area contributed by atoms with Gasteiger partial charge in [-0.15, -0.1) is 0 Å². The summed E-state index contributed by atoms with van der Waals surface area (Å²) in [5.74, 6) is 0.